The zero-order valence-corrected chi connectivity index (χ0v) is 11.3. The first-order chi connectivity index (χ1) is 9.80. The second-order valence-corrected chi connectivity index (χ2v) is 3.90. The van der Waals surface area contributed by atoms with E-state index in [0.717, 1.165) is 5.56 Å². The fraction of sp³-hybridized carbons (Fsp3) is 0.200. The summed E-state index contributed by atoms with van der Waals surface area (Å²) in [6.07, 6.45) is 1.58. The number of ether oxygens (including phenoxy) is 3. The molecule has 0 amide bonds. The molecule has 0 saturated carbocycles. The Morgan fingerprint density at radius 1 is 1.10 bits per heavy atom. The Balaban J connectivity index is 2.25. The predicted molar refractivity (Wildman–Crippen MR) is 72.8 cm³/mol. The third-order valence-electron chi connectivity index (χ3n) is 2.77. The molecule has 1 aromatic carbocycles. The number of hydrogen-bond donors (Lipinski definition) is 0. The molecule has 1 heterocycles. The molecule has 0 N–H and O–H groups in total. The van der Waals surface area contributed by atoms with E-state index < -0.39 is 0 Å². The lowest BCUT2D eigenvalue weighted by Crippen LogP contribution is -2.03. The van der Waals surface area contributed by atoms with Crippen molar-refractivity contribution >= 4 is 0 Å². The summed E-state index contributed by atoms with van der Waals surface area (Å²) in [5.74, 6) is 1.63. The second kappa shape index (κ2) is 6.43. The quantitative estimate of drug-likeness (QED) is 0.835. The van der Waals surface area contributed by atoms with Gasteiger partial charge < -0.3 is 14.2 Å². The van der Waals surface area contributed by atoms with Gasteiger partial charge in [-0.15, -0.1) is 0 Å². The number of aromatic nitrogens is 1. The fourth-order valence-corrected chi connectivity index (χ4v) is 1.80. The van der Waals surface area contributed by atoms with Crippen LogP contribution in [0.25, 0.3) is 0 Å². The molecule has 0 spiro atoms. The molecule has 0 bridgehead atoms. The van der Waals surface area contributed by atoms with Crippen molar-refractivity contribution in [2.45, 2.75) is 6.61 Å². The monoisotopic (exact) mass is 270 g/mol. The summed E-state index contributed by atoms with van der Waals surface area (Å²) in [5, 5.41) is 9.00. The minimum Gasteiger partial charge on any atom is -0.496 e. The summed E-state index contributed by atoms with van der Waals surface area (Å²) < 4.78 is 16.2. The number of hydrogen-bond acceptors (Lipinski definition) is 5. The van der Waals surface area contributed by atoms with E-state index in [2.05, 4.69) is 4.98 Å². The Morgan fingerprint density at radius 2 is 1.80 bits per heavy atom. The van der Waals surface area contributed by atoms with E-state index in [9.17, 15) is 0 Å². The summed E-state index contributed by atoms with van der Waals surface area (Å²) in [6.45, 7) is 0.207. The van der Waals surface area contributed by atoms with Crippen molar-refractivity contribution in [3.05, 3.63) is 47.7 Å². The zero-order chi connectivity index (χ0) is 14.4. The normalized spacial score (nSPS) is 9.65. The van der Waals surface area contributed by atoms with E-state index in [4.69, 9.17) is 19.5 Å². The lowest BCUT2D eigenvalue weighted by molar-refractivity contribution is 0.276. The van der Waals surface area contributed by atoms with Crippen LogP contribution in [0.3, 0.4) is 0 Å². The number of nitriles is 1. The maximum absolute atomic E-state index is 9.00. The van der Waals surface area contributed by atoms with Crippen molar-refractivity contribution in [3.8, 4) is 23.4 Å². The molecule has 0 unspecified atom stereocenters. The van der Waals surface area contributed by atoms with Gasteiger partial charge in [-0.05, 0) is 24.3 Å². The van der Waals surface area contributed by atoms with Crippen molar-refractivity contribution in [1.29, 1.82) is 5.26 Å². The molecular formula is C15H14N2O3. The summed E-state index contributed by atoms with van der Waals surface area (Å²) in [7, 11) is 3.17. The van der Waals surface area contributed by atoms with Crippen LogP contribution in [0.4, 0.5) is 0 Å². The van der Waals surface area contributed by atoms with E-state index in [-0.39, 0.29) is 6.61 Å². The highest BCUT2D eigenvalue weighted by atomic mass is 16.5. The number of benzene rings is 1. The Morgan fingerprint density at radius 3 is 2.40 bits per heavy atom. The van der Waals surface area contributed by atoms with Gasteiger partial charge >= 0.3 is 0 Å². The van der Waals surface area contributed by atoms with Gasteiger partial charge in [0.25, 0.3) is 0 Å². The van der Waals surface area contributed by atoms with Gasteiger partial charge in [-0.25, -0.2) is 4.98 Å². The van der Waals surface area contributed by atoms with E-state index in [1.807, 2.05) is 24.3 Å². The van der Waals surface area contributed by atoms with Crippen LogP contribution >= 0.6 is 0 Å². The van der Waals surface area contributed by atoms with Crippen molar-refractivity contribution in [2.75, 3.05) is 14.2 Å². The summed E-state index contributed by atoms with van der Waals surface area (Å²) in [6, 6.07) is 10.9. The highest BCUT2D eigenvalue weighted by Gasteiger charge is 2.12. The topological polar surface area (TPSA) is 64.4 Å². The van der Waals surface area contributed by atoms with Gasteiger partial charge in [0.05, 0.1) is 19.8 Å². The first-order valence-corrected chi connectivity index (χ1v) is 5.98. The molecule has 5 nitrogen and oxygen atoms in total. The lowest BCUT2D eigenvalue weighted by Gasteiger charge is -2.13. The minimum atomic E-state index is 0.207. The molecule has 0 fully saturated rings. The molecule has 0 aliphatic heterocycles. The van der Waals surface area contributed by atoms with Crippen LogP contribution in [-0.2, 0) is 6.61 Å². The molecule has 1 aromatic heterocycles. The van der Waals surface area contributed by atoms with Crippen LogP contribution in [0.1, 0.15) is 11.1 Å². The van der Waals surface area contributed by atoms with Crippen LogP contribution in [0.15, 0.2) is 36.5 Å². The highest BCUT2D eigenvalue weighted by molar-refractivity contribution is 5.45. The molecule has 0 aliphatic carbocycles. The van der Waals surface area contributed by atoms with Gasteiger partial charge in [-0.2, -0.15) is 5.26 Å². The van der Waals surface area contributed by atoms with E-state index in [1.165, 1.54) is 0 Å². The second-order valence-electron chi connectivity index (χ2n) is 3.90. The number of methoxy groups -OCH3 is 2. The SMILES string of the molecule is COc1cccc(OC)c1COc1ncccc1C#N. The lowest BCUT2D eigenvalue weighted by atomic mass is 10.2. The zero-order valence-electron chi connectivity index (χ0n) is 11.3. The van der Waals surface area contributed by atoms with Crippen LogP contribution in [-0.4, -0.2) is 19.2 Å². The average Bonchev–Trinajstić information content (AvgIpc) is 2.52. The van der Waals surface area contributed by atoms with Crippen LogP contribution < -0.4 is 14.2 Å². The third kappa shape index (κ3) is 2.81. The molecule has 0 atom stereocenters. The molecule has 102 valence electrons. The summed E-state index contributed by atoms with van der Waals surface area (Å²) >= 11 is 0. The third-order valence-corrected chi connectivity index (χ3v) is 2.77. The molecule has 20 heavy (non-hydrogen) atoms. The van der Waals surface area contributed by atoms with Gasteiger partial charge in [-0.1, -0.05) is 6.07 Å². The number of nitrogens with zero attached hydrogens (tertiary/aromatic N) is 2. The molecule has 2 rings (SSSR count). The predicted octanol–water partition coefficient (Wildman–Crippen LogP) is 2.55. The summed E-state index contributed by atoms with van der Waals surface area (Å²) in [5.41, 5.74) is 1.16. The first-order valence-electron chi connectivity index (χ1n) is 5.98. The smallest absolute Gasteiger partial charge is 0.231 e. The molecule has 0 saturated heterocycles. The maximum atomic E-state index is 9.00. The van der Waals surface area contributed by atoms with Gasteiger partial charge in [0.15, 0.2) is 0 Å². The van der Waals surface area contributed by atoms with Crippen molar-refractivity contribution < 1.29 is 14.2 Å². The van der Waals surface area contributed by atoms with Crippen molar-refractivity contribution in [1.82, 2.24) is 4.98 Å². The van der Waals surface area contributed by atoms with E-state index in [0.29, 0.717) is 22.9 Å². The van der Waals surface area contributed by atoms with Gasteiger partial charge in [0.1, 0.15) is 29.7 Å². The van der Waals surface area contributed by atoms with Crippen LogP contribution in [0, 0.1) is 11.3 Å². The highest BCUT2D eigenvalue weighted by Crippen LogP contribution is 2.29. The molecule has 0 aliphatic rings. The summed E-state index contributed by atoms with van der Waals surface area (Å²) in [4.78, 5) is 4.05. The fourth-order valence-electron chi connectivity index (χ4n) is 1.80. The molecule has 2 aromatic rings. The van der Waals surface area contributed by atoms with Crippen LogP contribution in [0.2, 0.25) is 0 Å². The standard InChI is InChI=1S/C15H14N2O3/c1-18-13-6-3-7-14(19-2)12(13)10-20-15-11(9-16)5-4-8-17-15/h3-8H,10H2,1-2H3. The minimum absolute atomic E-state index is 0.207. The van der Waals surface area contributed by atoms with Crippen LogP contribution in [0.5, 0.6) is 17.4 Å². The molecular weight excluding hydrogens is 256 g/mol. The average molecular weight is 270 g/mol. The maximum Gasteiger partial charge on any atom is 0.231 e. The largest absolute Gasteiger partial charge is 0.496 e. The Kier molecular flexibility index (Phi) is 4.40. The first kappa shape index (κ1) is 13.7. The Bertz CT molecular complexity index is 613. The van der Waals surface area contributed by atoms with E-state index in [1.54, 1.807) is 32.5 Å². The van der Waals surface area contributed by atoms with Crippen molar-refractivity contribution in [2.24, 2.45) is 0 Å². The Labute approximate surface area is 117 Å². The number of pyridine rings is 1. The molecule has 0 radical (unpaired) electrons. The number of rotatable bonds is 5. The van der Waals surface area contributed by atoms with E-state index >= 15 is 0 Å². The van der Waals surface area contributed by atoms with Gasteiger partial charge in [0, 0.05) is 6.20 Å². The van der Waals surface area contributed by atoms with Gasteiger partial charge in [0.2, 0.25) is 5.88 Å². The Hall–Kier alpha value is -2.74. The van der Waals surface area contributed by atoms with Crippen molar-refractivity contribution in [3.63, 3.8) is 0 Å². The van der Waals surface area contributed by atoms with Gasteiger partial charge in [-0.3, -0.25) is 0 Å². The molecule has 5 heteroatoms.